The lowest BCUT2D eigenvalue weighted by molar-refractivity contribution is 0.0496. The van der Waals surface area contributed by atoms with Gasteiger partial charge in [-0.05, 0) is 36.5 Å². The molecule has 0 radical (unpaired) electrons. The van der Waals surface area contributed by atoms with Gasteiger partial charge in [-0.1, -0.05) is 26.8 Å². The van der Waals surface area contributed by atoms with Gasteiger partial charge in [0.05, 0.1) is 23.2 Å². The topological polar surface area (TPSA) is 78.6 Å². The molecule has 116 valence electrons. The molecule has 0 heterocycles. The molecule has 2 N–H and O–H groups in total. The van der Waals surface area contributed by atoms with Crippen LogP contribution in [0.4, 0.5) is 0 Å². The van der Waals surface area contributed by atoms with Gasteiger partial charge < -0.3 is 9.02 Å². The number of aryl methyl sites for hydroxylation is 1. The van der Waals surface area contributed by atoms with Crippen LogP contribution in [0.25, 0.3) is 0 Å². The molecule has 0 fully saturated rings. The summed E-state index contributed by atoms with van der Waals surface area (Å²) in [5.74, 6) is 4.39. The second-order valence-electron chi connectivity index (χ2n) is 4.43. The average Bonchev–Trinajstić information content (AvgIpc) is 2.52. The third-order valence-electron chi connectivity index (χ3n) is 3.10. The molecule has 1 aromatic carbocycles. The monoisotopic (exact) mass is 311 g/mol. The lowest BCUT2D eigenvalue weighted by Gasteiger charge is -2.14. The van der Waals surface area contributed by atoms with E-state index in [4.69, 9.17) is 10.1 Å². The maximum absolute atomic E-state index is 12.3. The molecule has 0 aromatic heterocycles. The Balaban J connectivity index is 3.27. The van der Waals surface area contributed by atoms with E-state index in [2.05, 4.69) is 4.84 Å². The molecule has 0 saturated heterocycles. The van der Waals surface area contributed by atoms with Gasteiger partial charge in [0, 0.05) is 5.75 Å². The highest BCUT2D eigenvalue weighted by molar-refractivity contribution is 7.95. The summed E-state index contributed by atoms with van der Waals surface area (Å²) in [5.41, 5.74) is 2.23. The van der Waals surface area contributed by atoms with Crippen molar-refractivity contribution in [3.8, 4) is 0 Å². The number of hydrogen-bond donors (Lipinski definition) is 1. The van der Waals surface area contributed by atoms with Gasteiger partial charge in [-0.25, -0.2) is 9.59 Å². The molecule has 1 aromatic rings. The number of carbonyl (C=O) groups is 2. The van der Waals surface area contributed by atoms with E-state index in [0.717, 1.165) is 36.0 Å². The Kier molecular flexibility index (Phi) is 7.25. The van der Waals surface area contributed by atoms with Crippen LogP contribution >= 0.6 is 12.0 Å². The van der Waals surface area contributed by atoms with Gasteiger partial charge >= 0.3 is 11.9 Å². The smallest absolute Gasteiger partial charge is 0.357 e. The van der Waals surface area contributed by atoms with E-state index in [9.17, 15) is 9.59 Å². The predicted molar refractivity (Wildman–Crippen MR) is 83.0 cm³/mol. The summed E-state index contributed by atoms with van der Waals surface area (Å²) >= 11 is 1.08. The third-order valence-corrected chi connectivity index (χ3v) is 3.94. The van der Waals surface area contributed by atoms with Gasteiger partial charge in [0.25, 0.3) is 0 Å². The summed E-state index contributed by atoms with van der Waals surface area (Å²) in [5, 5.41) is 0. The second-order valence-corrected chi connectivity index (χ2v) is 5.24. The molecule has 0 aliphatic carbocycles. The van der Waals surface area contributed by atoms with Crippen LogP contribution in [0.15, 0.2) is 12.1 Å². The number of carbonyl (C=O) groups excluding carboxylic acids is 2. The Morgan fingerprint density at radius 2 is 1.86 bits per heavy atom. The zero-order chi connectivity index (χ0) is 15.8. The maximum atomic E-state index is 12.3. The number of hydrogen-bond acceptors (Lipinski definition) is 6. The maximum Gasteiger partial charge on any atom is 0.357 e. The molecule has 5 nitrogen and oxygen atoms in total. The van der Waals surface area contributed by atoms with Crippen molar-refractivity contribution in [2.75, 3.05) is 5.75 Å². The second kappa shape index (κ2) is 8.69. The van der Waals surface area contributed by atoms with E-state index >= 15 is 0 Å². The van der Waals surface area contributed by atoms with Crippen molar-refractivity contribution in [2.24, 2.45) is 5.90 Å². The first kappa shape index (κ1) is 17.5. The Morgan fingerprint density at radius 1 is 1.14 bits per heavy atom. The summed E-state index contributed by atoms with van der Waals surface area (Å²) in [6, 6.07) is 3.38. The first-order valence-corrected chi connectivity index (χ1v) is 7.91. The van der Waals surface area contributed by atoms with Crippen molar-refractivity contribution >= 4 is 24.0 Å². The summed E-state index contributed by atoms with van der Waals surface area (Å²) in [6.45, 7) is 5.92. The van der Waals surface area contributed by atoms with E-state index in [1.54, 1.807) is 6.07 Å². The van der Waals surface area contributed by atoms with Crippen LogP contribution in [0.1, 0.15) is 59.0 Å². The van der Waals surface area contributed by atoms with Gasteiger partial charge in [-0.15, -0.1) is 0 Å². The van der Waals surface area contributed by atoms with Gasteiger partial charge in [0.1, 0.15) is 0 Å². The molecule has 0 aliphatic rings. The van der Waals surface area contributed by atoms with Crippen LogP contribution in [0.3, 0.4) is 0 Å². The fourth-order valence-electron chi connectivity index (χ4n) is 2.11. The quantitative estimate of drug-likeness (QED) is 0.473. The first-order valence-electron chi connectivity index (χ1n) is 7.00. The minimum absolute atomic E-state index is 0.147. The van der Waals surface area contributed by atoms with Crippen LogP contribution in [-0.2, 0) is 21.9 Å². The van der Waals surface area contributed by atoms with Gasteiger partial charge in [0.2, 0.25) is 0 Å². The standard InChI is InChI=1S/C15H21NO4S/c1-4-9-21-20-15(18)13-11(6-3)10(5-2)7-8-12(13)14(17)19-16/h7-8H,4-6,9,16H2,1-3H3. The molecule has 0 aliphatic heterocycles. The Morgan fingerprint density at radius 3 is 2.38 bits per heavy atom. The highest BCUT2D eigenvalue weighted by atomic mass is 32.2. The van der Waals surface area contributed by atoms with E-state index in [1.165, 1.54) is 0 Å². The van der Waals surface area contributed by atoms with Gasteiger partial charge in [-0.2, -0.15) is 5.90 Å². The largest absolute Gasteiger partial charge is 0.388 e. The van der Waals surface area contributed by atoms with Gasteiger partial charge in [-0.3, -0.25) is 0 Å². The normalized spacial score (nSPS) is 10.3. The van der Waals surface area contributed by atoms with E-state index < -0.39 is 11.9 Å². The molecule has 0 saturated carbocycles. The van der Waals surface area contributed by atoms with Crippen LogP contribution < -0.4 is 5.90 Å². The minimum atomic E-state index is -0.736. The van der Waals surface area contributed by atoms with E-state index in [1.807, 2.05) is 26.8 Å². The molecule has 0 amide bonds. The average molecular weight is 311 g/mol. The Hall–Kier alpha value is -1.53. The third kappa shape index (κ3) is 4.22. The molecule has 6 heteroatoms. The zero-order valence-corrected chi connectivity index (χ0v) is 13.4. The molecule has 21 heavy (non-hydrogen) atoms. The fourth-order valence-corrected chi connectivity index (χ4v) is 2.55. The lowest BCUT2D eigenvalue weighted by Crippen LogP contribution is -2.18. The predicted octanol–water partition coefficient (Wildman–Crippen LogP) is 3.06. The number of nitrogens with two attached hydrogens (primary N) is 1. The lowest BCUT2D eigenvalue weighted by atomic mass is 9.93. The van der Waals surface area contributed by atoms with Crippen molar-refractivity contribution in [3.63, 3.8) is 0 Å². The first-order chi connectivity index (χ1) is 10.1. The SMILES string of the molecule is CCCSOC(=O)c1c(C(=O)ON)ccc(CC)c1CC. The fraction of sp³-hybridized carbons (Fsp3) is 0.467. The number of benzene rings is 1. The van der Waals surface area contributed by atoms with Crippen molar-refractivity contribution in [1.82, 2.24) is 0 Å². The Labute approximate surface area is 129 Å². The zero-order valence-electron chi connectivity index (χ0n) is 12.6. The van der Waals surface area contributed by atoms with Gasteiger partial charge in [0.15, 0.2) is 0 Å². The molecule has 1 rings (SSSR count). The van der Waals surface area contributed by atoms with Crippen molar-refractivity contribution in [2.45, 2.75) is 40.0 Å². The van der Waals surface area contributed by atoms with Crippen molar-refractivity contribution < 1.29 is 18.6 Å². The van der Waals surface area contributed by atoms with Crippen LogP contribution in [0, 0.1) is 0 Å². The number of rotatable bonds is 7. The highest BCUT2D eigenvalue weighted by Gasteiger charge is 2.24. The van der Waals surface area contributed by atoms with E-state index in [-0.39, 0.29) is 11.1 Å². The summed E-state index contributed by atoms with van der Waals surface area (Å²) in [6.07, 6.45) is 2.28. The Bertz CT molecular complexity index is 517. The molecular formula is C15H21NO4S. The summed E-state index contributed by atoms with van der Waals surface area (Å²) in [7, 11) is 0. The highest BCUT2D eigenvalue weighted by Crippen LogP contribution is 2.24. The van der Waals surface area contributed by atoms with E-state index in [0.29, 0.717) is 12.2 Å². The molecule has 0 bridgehead atoms. The van der Waals surface area contributed by atoms with Crippen LogP contribution in [0.2, 0.25) is 0 Å². The minimum Gasteiger partial charge on any atom is -0.388 e. The summed E-state index contributed by atoms with van der Waals surface area (Å²) < 4.78 is 5.17. The molecule has 0 spiro atoms. The van der Waals surface area contributed by atoms with Crippen molar-refractivity contribution in [3.05, 3.63) is 34.4 Å². The molecule has 0 atom stereocenters. The molecular weight excluding hydrogens is 290 g/mol. The molecule has 0 unspecified atom stereocenters. The van der Waals surface area contributed by atoms with Crippen LogP contribution in [-0.4, -0.2) is 17.7 Å². The summed E-state index contributed by atoms with van der Waals surface area (Å²) in [4.78, 5) is 28.4. The van der Waals surface area contributed by atoms with Crippen molar-refractivity contribution in [1.29, 1.82) is 0 Å². The van der Waals surface area contributed by atoms with Crippen LogP contribution in [0.5, 0.6) is 0 Å².